The van der Waals surface area contributed by atoms with Crippen molar-refractivity contribution in [1.29, 1.82) is 0 Å². The smallest absolute Gasteiger partial charge is 0.237 e. The molecule has 0 atom stereocenters. The minimum absolute atomic E-state index is 0.123. The van der Waals surface area contributed by atoms with Crippen molar-refractivity contribution in [2.75, 3.05) is 29.1 Å². The van der Waals surface area contributed by atoms with Crippen LogP contribution in [-0.4, -0.2) is 34.9 Å². The molecule has 23 heavy (non-hydrogen) atoms. The molecule has 0 spiro atoms. The number of nitrogens with zero attached hydrogens (tertiary/aromatic N) is 3. The second kappa shape index (κ2) is 7.61. The Hall–Kier alpha value is -1.86. The number of carbonyl (C=O) groups is 1. The lowest BCUT2D eigenvalue weighted by Crippen LogP contribution is -2.36. The van der Waals surface area contributed by atoms with Gasteiger partial charge in [-0.1, -0.05) is 47.4 Å². The monoisotopic (exact) mass is 346 g/mol. The lowest BCUT2D eigenvalue weighted by molar-refractivity contribution is -0.116. The third-order valence-electron chi connectivity index (χ3n) is 3.53. The standard InChI is InChI=1S/C16H18N4OS2/c1-2-9-17-15-18-19-16(23-15)22-11-14(21)20-10-5-7-12-6-3-4-8-13(12)20/h2-4,6,8H,1,5,7,9-11H2,(H,17,18). The number of carbonyl (C=O) groups excluding carboxylic acids is 1. The van der Waals surface area contributed by atoms with Gasteiger partial charge in [0, 0.05) is 18.8 Å². The average Bonchev–Trinajstić information content (AvgIpc) is 3.05. The van der Waals surface area contributed by atoms with Gasteiger partial charge in [0.15, 0.2) is 4.34 Å². The molecular formula is C16H18N4OS2. The Morgan fingerprint density at radius 1 is 1.43 bits per heavy atom. The van der Waals surface area contributed by atoms with Crippen LogP contribution < -0.4 is 10.2 Å². The van der Waals surface area contributed by atoms with Crippen molar-refractivity contribution in [3.05, 3.63) is 42.5 Å². The van der Waals surface area contributed by atoms with E-state index in [1.165, 1.54) is 28.7 Å². The summed E-state index contributed by atoms with van der Waals surface area (Å²) >= 11 is 2.90. The Kier molecular flexibility index (Phi) is 5.30. The van der Waals surface area contributed by atoms with Crippen molar-refractivity contribution in [2.24, 2.45) is 0 Å². The molecule has 1 N–H and O–H groups in total. The van der Waals surface area contributed by atoms with E-state index < -0.39 is 0 Å². The SMILES string of the molecule is C=CCNc1nnc(SCC(=O)N2CCCc3ccccc32)s1. The van der Waals surface area contributed by atoms with Crippen molar-refractivity contribution < 1.29 is 4.79 Å². The molecule has 2 aromatic rings. The Morgan fingerprint density at radius 2 is 2.30 bits per heavy atom. The van der Waals surface area contributed by atoms with Crippen LogP contribution in [0.25, 0.3) is 0 Å². The first-order valence-corrected chi connectivity index (χ1v) is 9.27. The Balaban J connectivity index is 1.60. The Bertz CT molecular complexity index is 701. The maximum absolute atomic E-state index is 12.5. The molecule has 1 aliphatic heterocycles. The number of fused-ring (bicyclic) bond motifs is 1. The summed E-state index contributed by atoms with van der Waals surface area (Å²) in [5.74, 6) is 0.502. The molecule has 3 rings (SSSR count). The van der Waals surface area contributed by atoms with Crippen LogP contribution in [0.3, 0.4) is 0 Å². The summed E-state index contributed by atoms with van der Waals surface area (Å²) in [5, 5.41) is 12.0. The third-order valence-corrected chi connectivity index (χ3v) is 5.53. The molecule has 7 heteroatoms. The van der Waals surface area contributed by atoms with Gasteiger partial charge in [0.2, 0.25) is 11.0 Å². The molecule has 1 aromatic heterocycles. The van der Waals surface area contributed by atoms with E-state index in [0.29, 0.717) is 12.3 Å². The fraction of sp³-hybridized carbons (Fsp3) is 0.312. The number of para-hydroxylation sites is 1. The number of aromatic nitrogens is 2. The van der Waals surface area contributed by atoms with Gasteiger partial charge in [0.05, 0.1) is 5.75 Å². The van der Waals surface area contributed by atoms with E-state index in [9.17, 15) is 4.79 Å². The van der Waals surface area contributed by atoms with Crippen LogP contribution in [-0.2, 0) is 11.2 Å². The lowest BCUT2D eigenvalue weighted by Gasteiger charge is -2.29. The van der Waals surface area contributed by atoms with Gasteiger partial charge < -0.3 is 10.2 Å². The molecule has 0 aliphatic carbocycles. The molecule has 0 saturated carbocycles. The summed E-state index contributed by atoms with van der Waals surface area (Å²) in [6, 6.07) is 8.14. The predicted octanol–water partition coefficient (Wildman–Crippen LogP) is 3.21. The highest BCUT2D eigenvalue weighted by atomic mass is 32.2. The number of amides is 1. The number of hydrogen-bond donors (Lipinski definition) is 1. The number of nitrogens with one attached hydrogen (secondary N) is 1. The molecule has 2 heterocycles. The molecule has 1 amide bonds. The summed E-state index contributed by atoms with van der Waals surface area (Å²) in [5.41, 5.74) is 2.30. The number of rotatable bonds is 6. The Labute approximate surface area is 143 Å². The number of anilines is 2. The molecular weight excluding hydrogens is 328 g/mol. The molecule has 1 aliphatic rings. The van der Waals surface area contributed by atoms with Crippen LogP contribution >= 0.6 is 23.1 Å². The number of thioether (sulfide) groups is 1. The van der Waals surface area contributed by atoms with Gasteiger partial charge in [0.1, 0.15) is 0 Å². The number of benzene rings is 1. The first-order chi connectivity index (χ1) is 11.3. The zero-order valence-electron chi connectivity index (χ0n) is 12.7. The van der Waals surface area contributed by atoms with Crippen LogP contribution in [0.15, 0.2) is 41.3 Å². The zero-order chi connectivity index (χ0) is 16.1. The third kappa shape index (κ3) is 3.92. The van der Waals surface area contributed by atoms with Gasteiger partial charge in [-0.3, -0.25) is 4.79 Å². The maximum atomic E-state index is 12.5. The van der Waals surface area contributed by atoms with Crippen LogP contribution in [0.4, 0.5) is 10.8 Å². The average molecular weight is 346 g/mol. The Morgan fingerprint density at radius 3 is 3.17 bits per heavy atom. The number of hydrogen-bond acceptors (Lipinski definition) is 6. The highest BCUT2D eigenvalue weighted by Crippen LogP contribution is 2.29. The van der Waals surface area contributed by atoms with Gasteiger partial charge in [-0.15, -0.1) is 16.8 Å². The van der Waals surface area contributed by atoms with E-state index >= 15 is 0 Å². The quantitative estimate of drug-likeness (QED) is 0.643. The van der Waals surface area contributed by atoms with E-state index in [2.05, 4.69) is 28.2 Å². The van der Waals surface area contributed by atoms with E-state index in [0.717, 1.165) is 34.5 Å². The maximum Gasteiger partial charge on any atom is 0.237 e. The molecule has 0 unspecified atom stereocenters. The fourth-order valence-corrected chi connectivity index (χ4v) is 4.13. The minimum Gasteiger partial charge on any atom is -0.357 e. The highest BCUT2D eigenvalue weighted by molar-refractivity contribution is 8.01. The predicted molar refractivity (Wildman–Crippen MR) is 96.4 cm³/mol. The van der Waals surface area contributed by atoms with E-state index in [-0.39, 0.29) is 5.91 Å². The molecule has 120 valence electrons. The summed E-state index contributed by atoms with van der Waals surface area (Å²) < 4.78 is 0.801. The summed E-state index contributed by atoms with van der Waals surface area (Å²) in [6.07, 6.45) is 3.83. The van der Waals surface area contributed by atoms with Gasteiger partial charge in [0.25, 0.3) is 0 Å². The van der Waals surface area contributed by atoms with Crippen LogP contribution in [0, 0.1) is 0 Å². The molecule has 5 nitrogen and oxygen atoms in total. The second-order valence-electron chi connectivity index (χ2n) is 5.11. The zero-order valence-corrected chi connectivity index (χ0v) is 14.3. The first-order valence-electron chi connectivity index (χ1n) is 7.47. The van der Waals surface area contributed by atoms with E-state index in [4.69, 9.17) is 0 Å². The van der Waals surface area contributed by atoms with E-state index in [1.54, 1.807) is 6.08 Å². The summed E-state index contributed by atoms with van der Waals surface area (Å²) in [7, 11) is 0. The van der Waals surface area contributed by atoms with Crippen molar-refractivity contribution >= 4 is 39.8 Å². The van der Waals surface area contributed by atoms with Gasteiger partial charge in [-0.05, 0) is 24.5 Å². The summed E-state index contributed by atoms with van der Waals surface area (Å²) in [6.45, 7) is 5.10. The number of aryl methyl sites for hydroxylation is 1. The van der Waals surface area contributed by atoms with Crippen molar-refractivity contribution in [1.82, 2.24) is 10.2 Å². The normalized spacial score (nSPS) is 13.5. The highest BCUT2D eigenvalue weighted by Gasteiger charge is 2.22. The van der Waals surface area contributed by atoms with Crippen molar-refractivity contribution in [2.45, 2.75) is 17.2 Å². The molecule has 0 saturated heterocycles. The van der Waals surface area contributed by atoms with Gasteiger partial charge in [-0.25, -0.2) is 0 Å². The fourth-order valence-electron chi connectivity index (χ4n) is 2.49. The van der Waals surface area contributed by atoms with Gasteiger partial charge >= 0.3 is 0 Å². The largest absolute Gasteiger partial charge is 0.357 e. The topological polar surface area (TPSA) is 58.1 Å². The summed E-state index contributed by atoms with van der Waals surface area (Å²) in [4.78, 5) is 14.4. The first kappa shape index (κ1) is 16.0. The minimum atomic E-state index is 0.123. The van der Waals surface area contributed by atoms with E-state index in [1.807, 2.05) is 23.1 Å². The molecule has 0 bridgehead atoms. The molecule has 1 aromatic carbocycles. The van der Waals surface area contributed by atoms with Crippen LogP contribution in [0.1, 0.15) is 12.0 Å². The van der Waals surface area contributed by atoms with Gasteiger partial charge in [-0.2, -0.15) is 0 Å². The van der Waals surface area contributed by atoms with Crippen LogP contribution in [0.5, 0.6) is 0 Å². The molecule has 0 fully saturated rings. The van der Waals surface area contributed by atoms with Crippen molar-refractivity contribution in [3.8, 4) is 0 Å². The second-order valence-corrected chi connectivity index (χ2v) is 7.31. The van der Waals surface area contributed by atoms with Crippen LogP contribution in [0.2, 0.25) is 0 Å². The molecule has 0 radical (unpaired) electrons. The van der Waals surface area contributed by atoms with Crippen molar-refractivity contribution in [3.63, 3.8) is 0 Å². The lowest BCUT2D eigenvalue weighted by atomic mass is 10.0.